The van der Waals surface area contributed by atoms with E-state index in [0.29, 0.717) is 38.2 Å². The molecule has 1 fully saturated rings. The fraction of sp³-hybridized carbons (Fsp3) is 0.500. The molecule has 1 N–H and O–H groups in total. The Morgan fingerprint density at radius 1 is 1.17 bits per heavy atom. The number of alkyl carbamates (subject to hydrolysis) is 1. The lowest BCUT2D eigenvalue weighted by Gasteiger charge is -2.34. The van der Waals surface area contributed by atoms with Gasteiger partial charge in [0.1, 0.15) is 11.4 Å². The Morgan fingerprint density at radius 2 is 1.93 bits per heavy atom. The van der Waals surface area contributed by atoms with Crippen LogP contribution in [0.1, 0.15) is 63.6 Å². The summed E-state index contributed by atoms with van der Waals surface area (Å²) in [6.45, 7) is 7.89. The summed E-state index contributed by atoms with van der Waals surface area (Å²) in [5.74, 6) is -0.161. The smallest absolute Gasteiger partial charge is 0.407 e. The van der Waals surface area contributed by atoms with Gasteiger partial charge in [-0.3, -0.25) is 4.79 Å². The van der Waals surface area contributed by atoms with E-state index in [-0.39, 0.29) is 24.1 Å². The van der Waals surface area contributed by atoms with Crippen molar-refractivity contribution >= 4 is 38.8 Å². The maximum atomic E-state index is 14.9. The first kappa shape index (κ1) is 31.0. The summed E-state index contributed by atoms with van der Waals surface area (Å²) in [6, 6.07) is 14.7. The standard InChI is InChI=1S/C32H41BrFN3O4/c1-32(2,3)41-31(39)35-26(18-22-11-13-25(33)14-12-22)20-29(38)36-15-6-9-24(21-36)28-19-23-8-5-10-27(34)30(23)37(28)16-7-17-40-4/h5,8,10-14,19,24,26H,6-7,9,15-18,20-21H2,1-4H3,(H,35,39). The van der Waals surface area contributed by atoms with Crippen molar-refractivity contribution in [3.05, 3.63) is 70.1 Å². The zero-order valence-electron chi connectivity index (χ0n) is 24.4. The van der Waals surface area contributed by atoms with Crippen LogP contribution in [0, 0.1) is 5.82 Å². The predicted molar refractivity (Wildman–Crippen MR) is 163 cm³/mol. The zero-order valence-corrected chi connectivity index (χ0v) is 26.0. The number of amides is 2. The van der Waals surface area contributed by atoms with Crippen molar-refractivity contribution in [1.29, 1.82) is 0 Å². The fourth-order valence-electron chi connectivity index (χ4n) is 5.58. The van der Waals surface area contributed by atoms with Gasteiger partial charge in [-0.2, -0.15) is 0 Å². The minimum absolute atomic E-state index is 0.0129. The molecule has 0 aliphatic carbocycles. The van der Waals surface area contributed by atoms with Gasteiger partial charge in [-0.15, -0.1) is 0 Å². The number of para-hydroxylation sites is 1. The number of halogens is 2. The maximum absolute atomic E-state index is 14.9. The zero-order chi connectivity index (χ0) is 29.6. The molecule has 2 aromatic carbocycles. The quantitative estimate of drug-likeness (QED) is 0.250. The van der Waals surface area contributed by atoms with Gasteiger partial charge in [-0.1, -0.05) is 40.2 Å². The van der Waals surface area contributed by atoms with Gasteiger partial charge in [0.15, 0.2) is 0 Å². The van der Waals surface area contributed by atoms with E-state index in [0.717, 1.165) is 40.4 Å². The summed E-state index contributed by atoms with van der Waals surface area (Å²) >= 11 is 3.46. The summed E-state index contributed by atoms with van der Waals surface area (Å²) in [5.41, 5.74) is 2.04. The third-order valence-electron chi connectivity index (χ3n) is 7.36. The van der Waals surface area contributed by atoms with Gasteiger partial charge in [0.25, 0.3) is 0 Å². The van der Waals surface area contributed by atoms with Crippen LogP contribution in [0.2, 0.25) is 0 Å². The SMILES string of the molecule is COCCCn1c(C2CCCN(C(=O)CC(Cc3ccc(Br)cc3)NC(=O)OC(C)(C)C)C2)cc2cccc(F)c21. The summed E-state index contributed by atoms with van der Waals surface area (Å²) in [7, 11) is 1.67. The number of likely N-dealkylation sites (tertiary alicyclic amines) is 1. The number of fused-ring (bicyclic) bond motifs is 1. The van der Waals surface area contributed by atoms with Crippen molar-refractivity contribution < 1.29 is 23.5 Å². The molecule has 41 heavy (non-hydrogen) atoms. The topological polar surface area (TPSA) is 72.8 Å². The Kier molecular flexibility index (Phi) is 10.5. The fourth-order valence-corrected chi connectivity index (χ4v) is 5.85. The third kappa shape index (κ3) is 8.55. The Balaban J connectivity index is 1.51. The summed E-state index contributed by atoms with van der Waals surface area (Å²) in [5, 5.41) is 3.81. The van der Waals surface area contributed by atoms with Crippen molar-refractivity contribution in [3.63, 3.8) is 0 Å². The summed E-state index contributed by atoms with van der Waals surface area (Å²) < 4.78 is 28.7. The molecule has 1 aromatic heterocycles. The Morgan fingerprint density at radius 3 is 2.63 bits per heavy atom. The maximum Gasteiger partial charge on any atom is 0.407 e. The van der Waals surface area contributed by atoms with Crippen LogP contribution in [0.15, 0.2) is 53.0 Å². The minimum Gasteiger partial charge on any atom is -0.444 e. The number of aromatic nitrogens is 1. The molecule has 3 aromatic rings. The van der Waals surface area contributed by atoms with Gasteiger partial charge >= 0.3 is 6.09 Å². The van der Waals surface area contributed by atoms with Crippen molar-refractivity contribution in [1.82, 2.24) is 14.8 Å². The number of rotatable bonds is 10. The summed E-state index contributed by atoms with van der Waals surface area (Å²) in [6.07, 6.45) is 2.67. The molecule has 2 heterocycles. The van der Waals surface area contributed by atoms with Crippen LogP contribution in [-0.2, 0) is 27.2 Å². The van der Waals surface area contributed by atoms with Gasteiger partial charge < -0.3 is 24.3 Å². The van der Waals surface area contributed by atoms with E-state index < -0.39 is 17.7 Å². The average molecular weight is 631 g/mol. The number of hydrogen-bond acceptors (Lipinski definition) is 4. The van der Waals surface area contributed by atoms with Crippen LogP contribution in [-0.4, -0.2) is 59.9 Å². The lowest BCUT2D eigenvalue weighted by molar-refractivity contribution is -0.132. The molecule has 1 aliphatic heterocycles. The number of methoxy groups -OCH3 is 1. The van der Waals surface area contributed by atoms with Crippen molar-refractivity contribution in [3.8, 4) is 0 Å². The highest BCUT2D eigenvalue weighted by Crippen LogP contribution is 2.33. The highest BCUT2D eigenvalue weighted by molar-refractivity contribution is 9.10. The predicted octanol–water partition coefficient (Wildman–Crippen LogP) is 6.81. The Bertz CT molecular complexity index is 1340. The average Bonchev–Trinajstić information content (AvgIpc) is 3.29. The van der Waals surface area contributed by atoms with Gasteiger partial charge in [0.2, 0.25) is 5.91 Å². The van der Waals surface area contributed by atoms with E-state index in [9.17, 15) is 14.0 Å². The minimum atomic E-state index is -0.641. The van der Waals surface area contributed by atoms with Crippen molar-refractivity contribution in [2.24, 2.45) is 0 Å². The number of aryl methyl sites for hydroxylation is 1. The van der Waals surface area contributed by atoms with E-state index in [1.807, 2.05) is 56.0 Å². The number of nitrogens with one attached hydrogen (secondary N) is 1. The number of piperidine rings is 1. The first-order valence-corrected chi connectivity index (χ1v) is 15.1. The molecule has 2 amide bonds. The molecular formula is C32H41BrFN3O4. The molecule has 222 valence electrons. The molecule has 0 radical (unpaired) electrons. The molecule has 9 heteroatoms. The van der Waals surface area contributed by atoms with Crippen LogP contribution in [0.3, 0.4) is 0 Å². The number of carbonyl (C=O) groups is 2. The second kappa shape index (κ2) is 13.8. The molecule has 1 aliphatic rings. The number of carbonyl (C=O) groups excluding carboxylic acids is 2. The monoisotopic (exact) mass is 629 g/mol. The van der Waals surface area contributed by atoms with Crippen LogP contribution in [0.25, 0.3) is 10.9 Å². The van der Waals surface area contributed by atoms with Crippen LogP contribution in [0.4, 0.5) is 9.18 Å². The van der Waals surface area contributed by atoms with Gasteiger partial charge in [-0.25, -0.2) is 9.18 Å². The number of benzene rings is 2. The van der Waals surface area contributed by atoms with Crippen molar-refractivity contribution in [2.45, 2.75) is 77.0 Å². The molecule has 4 rings (SSSR count). The van der Waals surface area contributed by atoms with Crippen LogP contribution < -0.4 is 5.32 Å². The molecule has 7 nitrogen and oxygen atoms in total. The molecule has 2 atom stereocenters. The Labute approximate surface area is 250 Å². The molecule has 1 saturated heterocycles. The molecule has 2 unspecified atom stereocenters. The van der Waals surface area contributed by atoms with Gasteiger partial charge in [0, 0.05) is 67.3 Å². The number of ether oxygens (including phenoxy) is 2. The molecule has 0 saturated carbocycles. The van der Waals surface area contributed by atoms with E-state index >= 15 is 0 Å². The van der Waals surface area contributed by atoms with E-state index in [1.165, 1.54) is 6.07 Å². The highest BCUT2D eigenvalue weighted by atomic mass is 79.9. The van der Waals surface area contributed by atoms with Gasteiger partial charge in [-0.05, 0) is 76.3 Å². The van der Waals surface area contributed by atoms with Crippen molar-refractivity contribution in [2.75, 3.05) is 26.8 Å². The number of hydrogen-bond donors (Lipinski definition) is 1. The summed E-state index contributed by atoms with van der Waals surface area (Å²) in [4.78, 5) is 28.2. The van der Waals surface area contributed by atoms with Gasteiger partial charge in [0.05, 0.1) is 5.52 Å². The third-order valence-corrected chi connectivity index (χ3v) is 7.89. The highest BCUT2D eigenvalue weighted by Gasteiger charge is 2.30. The number of nitrogens with zero attached hydrogens (tertiary/aromatic N) is 2. The first-order valence-electron chi connectivity index (χ1n) is 14.3. The molecule has 0 bridgehead atoms. The lowest BCUT2D eigenvalue weighted by Crippen LogP contribution is -2.46. The van der Waals surface area contributed by atoms with E-state index in [2.05, 4.69) is 31.9 Å². The second-order valence-corrected chi connectivity index (χ2v) is 12.7. The van der Waals surface area contributed by atoms with E-state index in [1.54, 1.807) is 13.2 Å². The van der Waals surface area contributed by atoms with E-state index in [4.69, 9.17) is 9.47 Å². The molecular weight excluding hydrogens is 589 g/mol. The normalized spacial score (nSPS) is 16.5. The van der Waals surface area contributed by atoms with Crippen LogP contribution in [0.5, 0.6) is 0 Å². The Hall–Kier alpha value is -2.91. The first-order chi connectivity index (χ1) is 19.5. The van der Waals surface area contributed by atoms with Crippen LogP contribution >= 0.6 is 15.9 Å². The second-order valence-electron chi connectivity index (χ2n) is 11.8. The lowest BCUT2D eigenvalue weighted by atomic mass is 9.93. The molecule has 0 spiro atoms. The largest absolute Gasteiger partial charge is 0.444 e.